The Hall–Kier alpha value is -4.09. The van der Waals surface area contributed by atoms with Crippen LogP contribution < -0.4 is 17.1 Å². The third kappa shape index (κ3) is 6.68. The van der Waals surface area contributed by atoms with E-state index >= 15 is 0 Å². The summed E-state index contributed by atoms with van der Waals surface area (Å²) >= 11 is 0. The quantitative estimate of drug-likeness (QED) is 0.172. The number of hydrogen-bond acceptors (Lipinski definition) is 10. The standard InChI is InChI=1S/C26H26N5O7P/c1-17-7-9-18(10-8-17)13-35-39(36-14-20-22(38-26(33)37-20)19-5-3-2-4-6-19)16-34-12-11-31-15-28-21-23(31)29-25(27)30-24(21)32/h2-10,15H,11-14,16H2,1H3,(H3,27,29,30,32). The van der Waals surface area contributed by atoms with Gasteiger partial charge in [0, 0.05) is 12.1 Å². The van der Waals surface area contributed by atoms with Crippen LogP contribution in [0, 0.1) is 6.92 Å². The summed E-state index contributed by atoms with van der Waals surface area (Å²) in [6.07, 6.45) is 1.65. The molecule has 1 atom stereocenters. The number of aryl methyl sites for hydroxylation is 1. The Bertz CT molecular complexity index is 1640. The number of anilines is 1. The molecule has 0 saturated heterocycles. The second-order valence-corrected chi connectivity index (χ2v) is 9.98. The summed E-state index contributed by atoms with van der Waals surface area (Å²) in [6, 6.07) is 17.1. The molecule has 0 amide bonds. The van der Waals surface area contributed by atoms with Gasteiger partial charge in [0.2, 0.25) is 5.95 Å². The number of nitrogens with two attached hydrogens (primary N) is 1. The summed E-state index contributed by atoms with van der Waals surface area (Å²) in [5.74, 6) is -0.230. The van der Waals surface area contributed by atoms with Crippen molar-refractivity contribution in [2.45, 2.75) is 26.7 Å². The van der Waals surface area contributed by atoms with Crippen LogP contribution in [0.2, 0.25) is 0 Å². The van der Waals surface area contributed by atoms with Crippen LogP contribution in [-0.2, 0) is 33.5 Å². The Kier molecular flexibility index (Phi) is 8.28. The maximum absolute atomic E-state index is 12.0. The van der Waals surface area contributed by atoms with E-state index in [1.807, 2.05) is 61.5 Å². The molecule has 5 aromatic rings. The molecular weight excluding hydrogens is 525 g/mol. The van der Waals surface area contributed by atoms with Crippen LogP contribution in [-0.4, -0.2) is 32.5 Å². The highest BCUT2D eigenvalue weighted by Gasteiger charge is 2.19. The van der Waals surface area contributed by atoms with E-state index in [0.29, 0.717) is 30.1 Å². The highest BCUT2D eigenvalue weighted by atomic mass is 31.2. The van der Waals surface area contributed by atoms with Gasteiger partial charge in [-0.25, -0.2) is 9.78 Å². The van der Waals surface area contributed by atoms with E-state index in [1.54, 1.807) is 4.57 Å². The smallest absolute Gasteiger partial charge is 0.393 e. The Morgan fingerprint density at radius 3 is 2.59 bits per heavy atom. The molecule has 0 aliphatic heterocycles. The average molecular weight is 551 g/mol. The molecule has 0 aliphatic carbocycles. The molecule has 0 fully saturated rings. The minimum atomic E-state index is -1.54. The number of aromatic nitrogens is 4. The highest BCUT2D eigenvalue weighted by molar-refractivity contribution is 7.46. The number of nitrogen functional groups attached to an aromatic ring is 1. The number of fused-ring (bicyclic) bond motifs is 1. The topological polar surface area (TPSA) is 161 Å². The molecule has 202 valence electrons. The zero-order valence-corrected chi connectivity index (χ0v) is 21.9. The Labute approximate surface area is 223 Å². The maximum atomic E-state index is 12.0. The third-order valence-corrected chi connectivity index (χ3v) is 6.91. The first-order valence-corrected chi connectivity index (χ1v) is 13.4. The van der Waals surface area contributed by atoms with Gasteiger partial charge >= 0.3 is 5.82 Å². The van der Waals surface area contributed by atoms with Gasteiger partial charge in [-0.3, -0.25) is 9.78 Å². The zero-order chi connectivity index (χ0) is 27.2. The van der Waals surface area contributed by atoms with Crippen LogP contribution in [0.25, 0.3) is 22.5 Å². The Morgan fingerprint density at radius 2 is 1.79 bits per heavy atom. The molecule has 0 radical (unpaired) electrons. The van der Waals surface area contributed by atoms with Crippen molar-refractivity contribution in [1.29, 1.82) is 0 Å². The lowest BCUT2D eigenvalue weighted by Crippen LogP contribution is -2.13. The molecule has 1 unspecified atom stereocenters. The van der Waals surface area contributed by atoms with Crippen molar-refractivity contribution in [2.24, 2.45) is 0 Å². The summed E-state index contributed by atoms with van der Waals surface area (Å²) < 4.78 is 30.1. The van der Waals surface area contributed by atoms with Crippen LogP contribution in [0.15, 0.2) is 79.3 Å². The fraction of sp³-hybridized carbons (Fsp3) is 0.231. The van der Waals surface area contributed by atoms with Crippen molar-refractivity contribution < 1.29 is 22.6 Å². The number of nitrogens with zero attached hydrogens (tertiary/aromatic N) is 3. The number of benzene rings is 2. The van der Waals surface area contributed by atoms with Crippen molar-refractivity contribution >= 4 is 25.5 Å². The van der Waals surface area contributed by atoms with Crippen molar-refractivity contribution in [3.63, 3.8) is 0 Å². The molecule has 0 bridgehead atoms. The maximum Gasteiger partial charge on any atom is 0.519 e. The van der Waals surface area contributed by atoms with Crippen LogP contribution in [0.1, 0.15) is 16.9 Å². The predicted octanol–water partition coefficient (Wildman–Crippen LogP) is 3.94. The summed E-state index contributed by atoms with van der Waals surface area (Å²) in [5.41, 5.74) is 8.66. The molecule has 3 aromatic heterocycles. The van der Waals surface area contributed by atoms with Crippen molar-refractivity contribution in [2.75, 3.05) is 18.7 Å². The second-order valence-electron chi connectivity index (χ2n) is 8.54. The van der Waals surface area contributed by atoms with Gasteiger partial charge in [-0.2, -0.15) is 4.98 Å². The average Bonchev–Trinajstić information content (AvgIpc) is 3.52. The van der Waals surface area contributed by atoms with E-state index in [9.17, 15) is 9.59 Å². The van der Waals surface area contributed by atoms with E-state index in [4.69, 9.17) is 28.4 Å². The van der Waals surface area contributed by atoms with Gasteiger partial charge in [0.15, 0.2) is 31.1 Å². The molecule has 3 heterocycles. The first-order chi connectivity index (χ1) is 19.0. The largest absolute Gasteiger partial charge is 0.519 e. The second kappa shape index (κ2) is 12.2. The zero-order valence-electron chi connectivity index (χ0n) is 21.0. The van der Waals surface area contributed by atoms with Gasteiger partial charge in [-0.05, 0) is 12.5 Å². The fourth-order valence-corrected chi connectivity index (χ4v) is 4.78. The number of nitrogens with one attached hydrogen (secondary N) is 1. The SMILES string of the molecule is Cc1ccc(COP(COCCn2cnc3c(=O)[nH]c(N)nc32)OCc2oc(=O)oc2-c2ccccc2)cc1. The number of hydrogen-bond donors (Lipinski definition) is 2. The lowest BCUT2D eigenvalue weighted by Gasteiger charge is -2.17. The van der Waals surface area contributed by atoms with Crippen LogP contribution in [0.3, 0.4) is 0 Å². The number of rotatable bonds is 12. The van der Waals surface area contributed by atoms with Crippen LogP contribution in [0.4, 0.5) is 5.95 Å². The summed E-state index contributed by atoms with van der Waals surface area (Å²) in [7, 11) is -1.54. The fourth-order valence-electron chi connectivity index (χ4n) is 3.72. The van der Waals surface area contributed by atoms with E-state index in [2.05, 4.69) is 15.0 Å². The number of ether oxygens (including phenoxy) is 1. The highest BCUT2D eigenvalue weighted by Crippen LogP contribution is 2.41. The number of aromatic amines is 1. The van der Waals surface area contributed by atoms with Gasteiger partial charge in [0.05, 0.1) is 19.5 Å². The van der Waals surface area contributed by atoms with Gasteiger partial charge in [-0.1, -0.05) is 60.2 Å². The number of imidazole rings is 1. The minimum absolute atomic E-state index is 0.0114. The van der Waals surface area contributed by atoms with E-state index in [1.165, 1.54) is 6.33 Å². The molecular formula is C26H26N5O7P. The van der Waals surface area contributed by atoms with E-state index in [0.717, 1.165) is 11.1 Å². The monoisotopic (exact) mass is 551 g/mol. The van der Waals surface area contributed by atoms with Crippen molar-refractivity contribution in [1.82, 2.24) is 19.5 Å². The first-order valence-electron chi connectivity index (χ1n) is 12.0. The molecule has 5 rings (SSSR count). The molecule has 0 spiro atoms. The van der Waals surface area contributed by atoms with Crippen molar-refractivity contribution in [3.8, 4) is 11.3 Å². The Balaban J connectivity index is 1.23. The molecule has 0 aliphatic rings. The molecule has 39 heavy (non-hydrogen) atoms. The van der Waals surface area contributed by atoms with Crippen molar-refractivity contribution in [3.05, 3.63) is 98.8 Å². The van der Waals surface area contributed by atoms with E-state index < -0.39 is 19.8 Å². The lowest BCUT2D eigenvalue weighted by atomic mass is 10.1. The molecule has 13 heteroatoms. The summed E-state index contributed by atoms with van der Waals surface area (Å²) in [5, 5.41) is 0. The molecule has 0 saturated carbocycles. The lowest BCUT2D eigenvalue weighted by molar-refractivity contribution is 0.136. The van der Waals surface area contributed by atoms with Gasteiger partial charge in [0.25, 0.3) is 5.56 Å². The predicted molar refractivity (Wildman–Crippen MR) is 144 cm³/mol. The van der Waals surface area contributed by atoms with E-state index in [-0.39, 0.29) is 36.8 Å². The van der Waals surface area contributed by atoms with Gasteiger partial charge in [0.1, 0.15) is 13.0 Å². The normalized spacial score (nSPS) is 12.2. The number of H-pyrrole nitrogens is 1. The van der Waals surface area contributed by atoms with Crippen LogP contribution >= 0.6 is 8.38 Å². The molecule has 12 nitrogen and oxygen atoms in total. The van der Waals surface area contributed by atoms with Crippen LogP contribution in [0.5, 0.6) is 0 Å². The summed E-state index contributed by atoms with van der Waals surface area (Å²) in [4.78, 5) is 34.5. The Morgan fingerprint density at radius 1 is 1.03 bits per heavy atom. The van der Waals surface area contributed by atoms with Gasteiger partial charge in [-0.15, -0.1) is 0 Å². The third-order valence-electron chi connectivity index (χ3n) is 5.68. The summed E-state index contributed by atoms with van der Waals surface area (Å²) in [6.45, 7) is 2.93. The minimum Gasteiger partial charge on any atom is -0.393 e. The molecule has 3 N–H and O–H groups in total. The van der Waals surface area contributed by atoms with Gasteiger partial charge < -0.3 is 32.9 Å². The first kappa shape index (κ1) is 26.5. The molecule has 2 aromatic carbocycles.